The van der Waals surface area contributed by atoms with Gasteiger partial charge in [-0.1, -0.05) is 6.92 Å². The minimum atomic E-state index is 0.0398. The van der Waals surface area contributed by atoms with Gasteiger partial charge in [0.05, 0.1) is 13.2 Å². The van der Waals surface area contributed by atoms with Gasteiger partial charge in [0.15, 0.2) is 0 Å². The van der Waals surface area contributed by atoms with Gasteiger partial charge in [0.2, 0.25) is 11.8 Å². The van der Waals surface area contributed by atoms with E-state index >= 15 is 0 Å². The summed E-state index contributed by atoms with van der Waals surface area (Å²) >= 11 is 0. The summed E-state index contributed by atoms with van der Waals surface area (Å²) in [5.41, 5.74) is 0. The second kappa shape index (κ2) is 8.78. The van der Waals surface area contributed by atoms with Gasteiger partial charge in [-0.2, -0.15) is 0 Å². The van der Waals surface area contributed by atoms with E-state index in [-0.39, 0.29) is 17.9 Å². The van der Waals surface area contributed by atoms with Crippen LogP contribution in [0.25, 0.3) is 0 Å². The Morgan fingerprint density at radius 3 is 2.46 bits per heavy atom. The molecule has 7 heteroatoms. The molecule has 2 fully saturated rings. The number of nitrogens with zero attached hydrogens (tertiary/aromatic N) is 3. The minimum absolute atomic E-state index is 0.0398. The van der Waals surface area contributed by atoms with Gasteiger partial charge in [0.25, 0.3) is 0 Å². The molecule has 2 saturated heterocycles. The predicted molar refractivity (Wildman–Crippen MR) is 92.7 cm³/mol. The van der Waals surface area contributed by atoms with Crippen LogP contribution >= 0.6 is 0 Å². The molecule has 1 N–H and O–H groups in total. The van der Waals surface area contributed by atoms with Crippen LogP contribution in [0.2, 0.25) is 0 Å². The summed E-state index contributed by atoms with van der Waals surface area (Å²) in [5, 5.41) is 2.97. The van der Waals surface area contributed by atoms with Gasteiger partial charge in [-0.3, -0.25) is 19.4 Å². The quantitative estimate of drug-likeness (QED) is 0.714. The third-order valence-electron chi connectivity index (χ3n) is 5.07. The van der Waals surface area contributed by atoms with Crippen molar-refractivity contribution in [2.75, 3.05) is 59.5 Å². The molecule has 2 aliphatic rings. The van der Waals surface area contributed by atoms with E-state index in [9.17, 15) is 9.59 Å². The van der Waals surface area contributed by atoms with Crippen LogP contribution in [0.4, 0.5) is 0 Å². The molecular weight excluding hydrogens is 308 g/mol. The lowest BCUT2D eigenvalue weighted by atomic mass is 10.0. The van der Waals surface area contributed by atoms with Crippen molar-refractivity contribution in [3.8, 4) is 0 Å². The molecule has 0 unspecified atom stereocenters. The van der Waals surface area contributed by atoms with Crippen molar-refractivity contribution >= 4 is 11.8 Å². The van der Waals surface area contributed by atoms with Crippen LogP contribution in [-0.4, -0.2) is 98.1 Å². The standard InChI is InChI=1S/C17H32N4O3/c1-13-9-19(11-17(23)18-14(2)12-24-4)10-16(13)21-7-5-20(6-8-21)15(3)22/h13-14,16H,5-12H2,1-4H3,(H,18,23)/t13-,14-,16+/m0/s1. The number of carbonyl (C=O) groups is 2. The Morgan fingerprint density at radius 1 is 1.21 bits per heavy atom. The van der Waals surface area contributed by atoms with E-state index in [1.54, 1.807) is 14.0 Å². The molecule has 2 aliphatic heterocycles. The van der Waals surface area contributed by atoms with Crippen molar-refractivity contribution in [2.45, 2.75) is 32.9 Å². The van der Waals surface area contributed by atoms with Crippen LogP contribution in [0.5, 0.6) is 0 Å². The maximum absolute atomic E-state index is 12.1. The summed E-state index contributed by atoms with van der Waals surface area (Å²) in [6, 6.07) is 0.515. The van der Waals surface area contributed by atoms with Crippen LogP contribution in [-0.2, 0) is 14.3 Å². The molecule has 0 bridgehead atoms. The van der Waals surface area contributed by atoms with Crippen molar-refractivity contribution in [2.24, 2.45) is 5.92 Å². The smallest absolute Gasteiger partial charge is 0.234 e. The molecule has 2 rings (SSSR count). The van der Waals surface area contributed by atoms with E-state index in [2.05, 4.69) is 22.0 Å². The first-order chi connectivity index (χ1) is 11.4. The first-order valence-corrected chi connectivity index (χ1v) is 8.91. The second-order valence-electron chi connectivity index (χ2n) is 7.20. The molecule has 0 radical (unpaired) electrons. The summed E-state index contributed by atoms with van der Waals surface area (Å²) in [7, 11) is 1.64. The molecule has 7 nitrogen and oxygen atoms in total. The van der Waals surface area contributed by atoms with Crippen LogP contribution < -0.4 is 5.32 Å². The van der Waals surface area contributed by atoms with Crippen molar-refractivity contribution in [1.82, 2.24) is 20.0 Å². The van der Waals surface area contributed by atoms with Crippen molar-refractivity contribution < 1.29 is 14.3 Å². The highest BCUT2D eigenvalue weighted by Gasteiger charge is 2.36. The fraction of sp³-hybridized carbons (Fsp3) is 0.882. The summed E-state index contributed by atoms with van der Waals surface area (Å²) in [5.74, 6) is 0.768. The molecule has 0 aromatic carbocycles. The highest BCUT2D eigenvalue weighted by molar-refractivity contribution is 5.78. The van der Waals surface area contributed by atoms with Crippen LogP contribution in [0.3, 0.4) is 0 Å². The first-order valence-electron chi connectivity index (χ1n) is 8.91. The fourth-order valence-corrected chi connectivity index (χ4v) is 3.84. The number of rotatable bonds is 6. The maximum Gasteiger partial charge on any atom is 0.234 e. The molecule has 0 spiro atoms. The number of amides is 2. The lowest BCUT2D eigenvalue weighted by Gasteiger charge is -2.39. The number of carbonyl (C=O) groups excluding carboxylic acids is 2. The van der Waals surface area contributed by atoms with Crippen molar-refractivity contribution in [3.05, 3.63) is 0 Å². The molecule has 0 aliphatic carbocycles. The van der Waals surface area contributed by atoms with Crippen molar-refractivity contribution in [3.63, 3.8) is 0 Å². The summed E-state index contributed by atoms with van der Waals surface area (Å²) in [4.78, 5) is 30.2. The average molecular weight is 340 g/mol. The zero-order chi connectivity index (χ0) is 17.7. The number of ether oxygens (including phenoxy) is 1. The number of likely N-dealkylation sites (tertiary alicyclic amines) is 1. The number of hydrogen-bond acceptors (Lipinski definition) is 5. The predicted octanol–water partition coefficient (Wildman–Crippen LogP) is -0.378. The highest BCUT2D eigenvalue weighted by Crippen LogP contribution is 2.22. The lowest BCUT2D eigenvalue weighted by Crippen LogP contribution is -2.53. The molecule has 0 aromatic heterocycles. The van der Waals surface area contributed by atoms with Gasteiger partial charge in [0.1, 0.15) is 0 Å². The van der Waals surface area contributed by atoms with Gasteiger partial charge < -0.3 is 15.0 Å². The Balaban J connectivity index is 1.78. The number of methoxy groups -OCH3 is 1. The van der Waals surface area contributed by atoms with E-state index in [1.807, 2.05) is 11.8 Å². The normalized spacial score (nSPS) is 27.2. The van der Waals surface area contributed by atoms with E-state index < -0.39 is 0 Å². The molecule has 2 amide bonds. The topological polar surface area (TPSA) is 65.1 Å². The lowest BCUT2D eigenvalue weighted by molar-refractivity contribution is -0.131. The van der Waals surface area contributed by atoms with Crippen LogP contribution in [0.15, 0.2) is 0 Å². The molecule has 2 heterocycles. The van der Waals surface area contributed by atoms with Crippen LogP contribution in [0, 0.1) is 5.92 Å². The third-order valence-corrected chi connectivity index (χ3v) is 5.07. The largest absolute Gasteiger partial charge is 0.383 e. The molecule has 24 heavy (non-hydrogen) atoms. The fourth-order valence-electron chi connectivity index (χ4n) is 3.84. The Labute approximate surface area is 145 Å². The van der Waals surface area contributed by atoms with E-state index in [0.717, 1.165) is 39.3 Å². The van der Waals surface area contributed by atoms with Crippen molar-refractivity contribution in [1.29, 1.82) is 0 Å². The van der Waals surface area contributed by atoms with Gasteiger partial charge in [-0.05, 0) is 12.8 Å². The van der Waals surface area contributed by atoms with E-state index in [1.165, 1.54) is 0 Å². The summed E-state index contributed by atoms with van der Waals surface area (Å²) in [6.45, 7) is 12.2. The zero-order valence-corrected chi connectivity index (χ0v) is 15.5. The highest BCUT2D eigenvalue weighted by atomic mass is 16.5. The SMILES string of the molecule is COC[C@H](C)NC(=O)CN1C[C@@H](N2CCN(C(C)=O)CC2)[C@@H](C)C1. The van der Waals surface area contributed by atoms with Gasteiger partial charge in [-0.25, -0.2) is 0 Å². The number of hydrogen-bond donors (Lipinski definition) is 1. The summed E-state index contributed by atoms with van der Waals surface area (Å²) in [6.07, 6.45) is 0. The molecular formula is C17H32N4O3. The first kappa shape index (κ1) is 19.1. The minimum Gasteiger partial charge on any atom is -0.383 e. The third kappa shape index (κ3) is 5.16. The Morgan fingerprint density at radius 2 is 1.88 bits per heavy atom. The average Bonchev–Trinajstić information content (AvgIpc) is 2.87. The zero-order valence-electron chi connectivity index (χ0n) is 15.5. The Kier molecular flexibility index (Phi) is 7.01. The molecule has 0 saturated carbocycles. The Bertz CT molecular complexity index is 438. The van der Waals surface area contributed by atoms with Gasteiger partial charge >= 0.3 is 0 Å². The van der Waals surface area contributed by atoms with E-state index in [4.69, 9.17) is 4.74 Å². The van der Waals surface area contributed by atoms with E-state index in [0.29, 0.717) is 25.1 Å². The number of piperazine rings is 1. The maximum atomic E-state index is 12.1. The Hall–Kier alpha value is -1.18. The molecule has 3 atom stereocenters. The summed E-state index contributed by atoms with van der Waals surface area (Å²) < 4.78 is 5.05. The second-order valence-corrected chi connectivity index (χ2v) is 7.20. The molecule has 138 valence electrons. The van der Waals surface area contributed by atoms with Gasteiger partial charge in [0, 0.05) is 65.4 Å². The van der Waals surface area contributed by atoms with Crippen LogP contribution in [0.1, 0.15) is 20.8 Å². The molecule has 0 aromatic rings. The number of nitrogens with one attached hydrogen (secondary N) is 1. The monoisotopic (exact) mass is 340 g/mol. The van der Waals surface area contributed by atoms with Gasteiger partial charge in [-0.15, -0.1) is 0 Å².